The Morgan fingerprint density at radius 1 is 0.877 bits per heavy atom. The molecule has 1 aliphatic heterocycles. The lowest BCUT2D eigenvalue weighted by atomic mass is 9.82. The summed E-state index contributed by atoms with van der Waals surface area (Å²) in [6, 6.07) is 5.24. The van der Waals surface area contributed by atoms with E-state index in [4.69, 9.17) is 4.74 Å². The Kier molecular flexibility index (Phi) is 15.0. The first kappa shape index (κ1) is 43.0. The van der Waals surface area contributed by atoms with E-state index in [0.29, 0.717) is 12.8 Å². The number of amides is 6. The number of likely N-dealkylation sites (tertiary alicyclic amines) is 1. The van der Waals surface area contributed by atoms with Gasteiger partial charge in [-0.1, -0.05) is 83.7 Å². The summed E-state index contributed by atoms with van der Waals surface area (Å²) >= 11 is 0. The van der Waals surface area contributed by atoms with Gasteiger partial charge in [0.1, 0.15) is 24.4 Å². The van der Waals surface area contributed by atoms with Crippen LogP contribution < -0.4 is 26.6 Å². The Morgan fingerprint density at radius 3 is 2.23 bits per heavy atom. The Balaban J connectivity index is 1.34. The van der Waals surface area contributed by atoms with Crippen LogP contribution in [0.5, 0.6) is 0 Å². The number of carbonyl (C=O) groups is 6. The van der Waals surface area contributed by atoms with Gasteiger partial charge in [-0.2, -0.15) is 0 Å². The van der Waals surface area contributed by atoms with Crippen LogP contribution in [0.3, 0.4) is 0 Å². The summed E-state index contributed by atoms with van der Waals surface area (Å²) < 4.78 is 5.58. The lowest BCUT2D eigenvalue weighted by Crippen LogP contribution is -2.61. The zero-order valence-corrected chi connectivity index (χ0v) is 33.4. The molecule has 4 unspecified atom stereocenters. The van der Waals surface area contributed by atoms with E-state index in [0.717, 1.165) is 50.5 Å². The summed E-state index contributed by atoms with van der Waals surface area (Å²) in [5.41, 5.74) is 0.000841. The largest absolute Gasteiger partial charge is 0.445 e. The minimum atomic E-state index is -1.50. The molecule has 2 saturated carbocycles. The molecule has 16 nitrogen and oxygen atoms in total. The molecule has 6 N–H and O–H groups in total. The number of nitrogens with zero attached hydrogens (tertiary/aromatic N) is 3. The van der Waals surface area contributed by atoms with Crippen LogP contribution in [0.15, 0.2) is 48.9 Å². The summed E-state index contributed by atoms with van der Waals surface area (Å²) in [4.78, 5) is 91.3. The van der Waals surface area contributed by atoms with E-state index in [1.54, 1.807) is 20.8 Å². The first-order valence-electron chi connectivity index (χ1n) is 20.2. The lowest BCUT2D eigenvalue weighted by molar-refractivity contribution is -0.135. The van der Waals surface area contributed by atoms with Gasteiger partial charge in [0.25, 0.3) is 11.8 Å². The Hall–Kier alpha value is -5.12. The van der Waals surface area contributed by atoms with Crippen molar-refractivity contribution < 1.29 is 38.6 Å². The number of aromatic nitrogens is 2. The molecule has 1 aromatic heterocycles. The smallest absolute Gasteiger partial charge is 0.410 e. The minimum Gasteiger partial charge on any atom is -0.445 e. The highest BCUT2D eigenvalue weighted by atomic mass is 16.6. The van der Waals surface area contributed by atoms with Gasteiger partial charge in [-0.05, 0) is 49.0 Å². The first-order valence-corrected chi connectivity index (χ1v) is 20.2. The highest BCUT2D eigenvalue weighted by molar-refractivity contribution is 5.97. The number of benzene rings is 1. The summed E-state index contributed by atoms with van der Waals surface area (Å²) in [6.07, 6.45) is 8.77. The van der Waals surface area contributed by atoms with Gasteiger partial charge in [-0.25, -0.2) is 9.78 Å². The maximum Gasteiger partial charge on any atom is 0.410 e. The predicted molar refractivity (Wildman–Crippen MR) is 209 cm³/mol. The van der Waals surface area contributed by atoms with Gasteiger partial charge in [0.2, 0.25) is 17.7 Å². The lowest BCUT2D eigenvalue weighted by Gasteiger charge is -2.35. The van der Waals surface area contributed by atoms with E-state index < -0.39 is 77.2 Å². The van der Waals surface area contributed by atoms with Crippen LogP contribution in [0.4, 0.5) is 4.79 Å². The first-order chi connectivity index (χ1) is 27.2. The summed E-state index contributed by atoms with van der Waals surface area (Å²) in [6.45, 7) is 7.05. The molecule has 310 valence electrons. The predicted octanol–water partition coefficient (Wildman–Crippen LogP) is 2.36. The second-order valence-corrected chi connectivity index (χ2v) is 16.5. The molecule has 6 amide bonds. The molecule has 6 atom stereocenters. The average molecular weight is 791 g/mol. The number of hydrogen-bond donors (Lipinski definition) is 6. The third kappa shape index (κ3) is 12.2. The van der Waals surface area contributed by atoms with Crippen molar-refractivity contribution in [2.24, 2.45) is 17.3 Å². The van der Waals surface area contributed by atoms with E-state index in [2.05, 4.69) is 36.6 Å². The number of nitrogens with one attached hydrogen (secondary N) is 5. The second kappa shape index (κ2) is 19.8. The van der Waals surface area contributed by atoms with Gasteiger partial charge in [-0.3, -0.25) is 29.0 Å². The number of hydrogen-bond acceptors (Lipinski definition) is 10. The highest BCUT2D eigenvalue weighted by Crippen LogP contribution is 2.29. The normalized spacial score (nSPS) is 20.6. The fraction of sp³-hybridized carbons (Fsp3) is 0.610. The SMILES string of the molecule is CCC[C@H](NC(=O)C1CN(C(=O)OCc2ccccc2)CC1NC(=O)C(NC(=O)[C@@H](NC(=O)c1cnccn1)C1CCCCC1)C(C)(C)C)C(O)C(=O)NC1CC1. The number of rotatable bonds is 16. The van der Waals surface area contributed by atoms with Crippen molar-refractivity contribution in [3.63, 3.8) is 0 Å². The molecule has 1 saturated heterocycles. The van der Waals surface area contributed by atoms with Crippen LogP contribution in [0, 0.1) is 17.3 Å². The Labute approximate surface area is 334 Å². The molecule has 57 heavy (non-hydrogen) atoms. The van der Waals surface area contributed by atoms with Crippen molar-refractivity contribution in [2.45, 2.75) is 128 Å². The van der Waals surface area contributed by atoms with E-state index in [-0.39, 0.29) is 37.4 Å². The van der Waals surface area contributed by atoms with Crippen LogP contribution >= 0.6 is 0 Å². The quantitative estimate of drug-likeness (QED) is 0.146. The molecule has 0 bridgehead atoms. The average Bonchev–Trinajstić information content (AvgIpc) is 3.92. The molecule has 3 fully saturated rings. The highest BCUT2D eigenvalue weighted by Gasteiger charge is 2.45. The van der Waals surface area contributed by atoms with Crippen LogP contribution in [-0.4, -0.2) is 105 Å². The minimum absolute atomic E-state index is 0.00138. The monoisotopic (exact) mass is 790 g/mol. The standard InChI is InChI=1S/C41H58N8O8/c1-5-12-29(33(50)38(54)44-27-17-18-27)45-35(51)28-22-49(40(56)57-24-25-13-8-6-9-14-25)23-31(28)46-39(55)34(41(2,3)4)48-37(53)32(26-15-10-7-11-16-26)47-36(52)30-21-42-19-20-43-30/h6,8-9,13-14,19-21,26-29,31-34,50H,5,7,10-12,15-18,22-24H2,1-4H3,(H,44,54)(H,45,51)(H,46,55)(H,47,52)(H,48,53)/t28?,29-,31?,32-,33?,34?/m0/s1. The molecule has 1 aromatic carbocycles. The van der Waals surface area contributed by atoms with Gasteiger partial charge in [-0.15, -0.1) is 0 Å². The van der Waals surface area contributed by atoms with Crippen molar-refractivity contribution >= 4 is 35.6 Å². The molecule has 2 aromatic rings. The summed E-state index contributed by atoms with van der Waals surface area (Å²) in [7, 11) is 0. The van der Waals surface area contributed by atoms with Crippen molar-refractivity contribution in [1.29, 1.82) is 0 Å². The molecule has 3 aliphatic rings. The molecule has 16 heteroatoms. The van der Waals surface area contributed by atoms with Gasteiger partial charge in [0, 0.05) is 31.5 Å². The topological polar surface area (TPSA) is 221 Å². The van der Waals surface area contributed by atoms with Gasteiger partial charge in [0.15, 0.2) is 6.10 Å². The van der Waals surface area contributed by atoms with Crippen LogP contribution in [0.25, 0.3) is 0 Å². The maximum absolute atomic E-state index is 14.3. The van der Waals surface area contributed by atoms with E-state index >= 15 is 0 Å². The van der Waals surface area contributed by atoms with Crippen molar-refractivity contribution in [3.8, 4) is 0 Å². The number of carbonyl (C=O) groups excluding carboxylic acids is 6. The van der Waals surface area contributed by atoms with Gasteiger partial charge < -0.3 is 41.3 Å². The van der Waals surface area contributed by atoms with Crippen molar-refractivity contribution in [1.82, 2.24) is 41.5 Å². The molecule has 0 radical (unpaired) electrons. The third-order valence-corrected chi connectivity index (χ3v) is 10.8. The molecule has 2 heterocycles. The van der Waals surface area contributed by atoms with Crippen molar-refractivity contribution in [3.05, 3.63) is 60.2 Å². The number of ether oxygens (including phenoxy) is 1. The Morgan fingerprint density at radius 2 is 1.60 bits per heavy atom. The number of aliphatic hydroxyl groups is 1. The van der Waals surface area contributed by atoms with Crippen LogP contribution in [-0.2, 0) is 30.5 Å². The summed E-state index contributed by atoms with van der Waals surface area (Å²) in [5, 5.41) is 25.3. The maximum atomic E-state index is 14.3. The molecule has 0 spiro atoms. The fourth-order valence-electron chi connectivity index (χ4n) is 7.45. The molecular formula is C41H58N8O8. The zero-order valence-electron chi connectivity index (χ0n) is 33.4. The molecule has 2 aliphatic carbocycles. The van der Waals surface area contributed by atoms with Gasteiger partial charge >= 0.3 is 6.09 Å². The van der Waals surface area contributed by atoms with E-state index in [9.17, 15) is 33.9 Å². The fourth-order valence-corrected chi connectivity index (χ4v) is 7.45. The van der Waals surface area contributed by atoms with E-state index in [1.807, 2.05) is 37.3 Å². The van der Waals surface area contributed by atoms with E-state index in [1.165, 1.54) is 23.5 Å². The van der Waals surface area contributed by atoms with Crippen LogP contribution in [0.1, 0.15) is 102 Å². The molecule has 5 rings (SSSR count). The van der Waals surface area contributed by atoms with Crippen LogP contribution in [0.2, 0.25) is 0 Å². The molecular weight excluding hydrogens is 732 g/mol. The second-order valence-electron chi connectivity index (χ2n) is 16.5. The third-order valence-electron chi connectivity index (χ3n) is 10.8. The Bertz CT molecular complexity index is 1700. The van der Waals surface area contributed by atoms with Gasteiger partial charge in [0.05, 0.1) is 24.2 Å². The summed E-state index contributed by atoms with van der Waals surface area (Å²) in [5.74, 6) is -3.96. The number of aliphatic hydroxyl groups excluding tert-OH is 1. The zero-order chi connectivity index (χ0) is 41.1. The van der Waals surface area contributed by atoms with Crippen molar-refractivity contribution in [2.75, 3.05) is 13.1 Å².